The van der Waals surface area contributed by atoms with E-state index in [2.05, 4.69) is 21.2 Å². The first-order chi connectivity index (χ1) is 13.9. The zero-order chi connectivity index (χ0) is 21.0. The van der Waals surface area contributed by atoms with Crippen molar-refractivity contribution in [3.05, 3.63) is 56.0 Å². The number of amides is 1. The summed E-state index contributed by atoms with van der Waals surface area (Å²) in [7, 11) is 0. The van der Waals surface area contributed by atoms with Gasteiger partial charge in [0.25, 0.3) is 0 Å². The number of carbonyl (C=O) groups excluding carboxylic acids is 1. The van der Waals surface area contributed by atoms with Gasteiger partial charge in [0.05, 0.1) is 44.0 Å². The molecule has 9 heteroatoms. The molecule has 1 aliphatic heterocycles. The van der Waals surface area contributed by atoms with Gasteiger partial charge in [0, 0.05) is 31.9 Å². The first-order valence-corrected chi connectivity index (χ1v) is 10.5. The van der Waals surface area contributed by atoms with Gasteiger partial charge < -0.3 is 10.2 Å². The van der Waals surface area contributed by atoms with Crippen LogP contribution in [0.25, 0.3) is 0 Å². The topological polar surface area (TPSA) is 59.4 Å². The number of hydrogen-bond donors (Lipinski definition) is 1. The van der Waals surface area contributed by atoms with E-state index in [9.17, 15) is 4.79 Å². The Labute approximate surface area is 189 Å². The van der Waals surface area contributed by atoms with Crippen LogP contribution in [0.1, 0.15) is 12.0 Å². The number of nitrogens with one attached hydrogen (secondary N) is 1. The fourth-order valence-electron chi connectivity index (χ4n) is 3.20. The number of anilines is 2. The van der Waals surface area contributed by atoms with Crippen molar-refractivity contribution in [2.75, 3.05) is 42.9 Å². The van der Waals surface area contributed by atoms with Crippen LogP contribution < -0.4 is 10.2 Å². The molecule has 29 heavy (non-hydrogen) atoms. The number of benzene rings is 2. The Morgan fingerprint density at radius 1 is 1.00 bits per heavy atom. The number of rotatable bonds is 4. The van der Waals surface area contributed by atoms with Gasteiger partial charge in [-0.05, 0) is 36.8 Å². The maximum atomic E-state index is 12.5. The summed E-state index contributed by atoms with van der Waals surface area (Å²) < 4.78 is 0. The highest BCUT2D eigenvalue weighted by molar-refractivity contribution is 6.50. The summed E-state index contributed by atoms with van der Waals surface area (Å²) >= 11 is 24.4. The number of nitriles is 1. The molecule has 5 nitrogen and oxygen atoms in total. The van der Waals surface area contributed by atoms with Crippen LogP contribution in [0.3, 0.4) is 0 Å². The van der Waals surface area contributed by atoms with Crippen molar-refractivity contribution in [1.29, 1.82) is 5.26 Å². The summed E-state index contributed by atoms with van der Waals surface area (Å²) in [6.45, 7) is 3.39. The largest absolute Gasteiger partial charge is 0.370 e. The first kappa shape index (κ1) is 22.0. The zero-order valence-corrected chi connectivity index (χ0v) is 18.4. The van der Waals surface area contributed by atoms with Gasteiger partial charge in [-0.15, -0.1) is 0 Å². The molecule has 1 fully saturated rings. The molecule has 1 amide bonds. The molecule has 0 aliphatic carbocycles. The van der Waals surface area contributed by atoms with E-state index in [0.29, 0.717) is 5.56 Å². The Hall–Kier alpha value is -1.68. The summed E-state index contributed by atoms with van der Waals surface area (Å²) in [4.78, 5) is 16.9. The Morgan fingerprint density at radius 3 is 2.28 bits per heavy atom. The van der Waals surface area contributed by atoms with E-state index in [4.69, 9.17) is 51.7 Å². The van der Waals surface area contributed by atoms with Crippen molar-refractivity contribution >= 4 is 63.7 Å². The minimum absolute atomic E-state index is 0.164. The van der Waals surface area contributed by atoms with Crippen molar-refractivity contribution in [3.8, 4) is 6.07 Å². The Bertz CT molecular complexity index is 917. The number of carbonyl (C=O) groups is 1. The lowest BCUT2D eigenvalue weighted by atomic mass is 10.2. The van der Waals surface area contributed by atoms with Gasteiger partial charge >= 0.3 is 0 Å². The van der Waals surface area contributed by atoms with Gasteiger partial charge in [-0.25, -0.2) is 0 Å². The Kier molecular flexibility index (Phi) is 7.50. The van der Waals surface area contributed by atoms with E-state index in [0.717, 1.165) is 38.3 Å². The van der Waals surface area contributed by atoms with Crippen LogP contribution in [0.2, 0.25) is 20.1 Å². The number of hydrogen-bond acceptors (Lipinski definition) is 4. The molecular formula is C20H18Cl4N4O. The molecule has 3 rings (SSSR count). The van der Waals surface area contributed by atoms with Crippen LogP contribution in [0.5, 0.6) is 0 Å². The fraction of sp³-hybridized carbons (Fsp3) is 0.300. The van der Waals surface area contributed by atoms with Gasteiger partial charge in [0.1, 0.15) is 0 Å². The van der Waals surface area contributed by atoms with E-state index in [-0.39, 0.29) is 38.2 Å². The van der Waals surface area contributed by atoms with Crippen molar-refractivity contribution in [2.24, 2.45) is 0 Å². The molecule has 0 spiro atoms. The third kappa shape index (κ3) is 5.48. The highest BCUT2D eigenvalue weighted by Crippen LogP contribution is 2.41. The van der Waals surface area contributed by atoms with Gasteiger partial charge in [-0.3, -0.25) is 9.69 Å². The van der Waals surface area contributed by atoms with Gasteiger partial charge in [-0.1, -0.05) is 46.4 Å². The van der Waals surface area contributed by atoms with Gasteiger partial charge in [0.2, 0.25) is 5.91 Å². The molecule has 0 atom stereocenters. The molecule has 1 saturated heterocycles. The van der Waals surface area contributed by atoms with E-state index in [1.54, 1.807) is 0 Å². The third-order valence-corrected chi connectivity index (χ3v) is 6.27. The summed E-state index contributed by atoms with van der Waals surface area (Å²) in [6.07, 6.45) is 0.914. The third-order valence-electron chi connectivity index (χ3n) is 4.69. The van der Waals surface area contributed by atoms with Crippen LogP contribution in [0.4, 0.5) is 11.4 Å². The lowest BCUT2D eigenvalue weighted by molar-refractivity contribution is -0.117. The molecule has 0 radical (unpaired) electrons. The van der Waals surface area contributed by atoms with E-state index < -0.39 is 0 Å². The highest BCUT2D eigenvalue weighted by Gasteiger charge is 2.20. The zero-order valence-electron chi connectivity index (χ0n) is 15.4. The SMILES string of the molecule is N#Cc1ccc(N2CCCN(CC(=O)Nc3c(Cl)c(Cl)cc(Cl)c3Cl)CC2)cc1. The molecule has 2 aromatic carbocycles. The molecule has 1 heterocycles. The molecule has 0 unspecified atom stereocenters. The van der Waals surface area contributed by atoms with Crippen molar-refractivity contribution in [3.63, 3.8) is 0 Å². The predicted octanol–water partition coefficient (Wildman–Crippen LogP) is 5.32. The molecular weight excluding hydrogens is 454 g/mol. The quantitative estimate of drug-likeness (QED) is 0.612. The Morgan fingerprint density at radius 2 is 1.66 bits per heavy atom. The first-order valence-electron chi connectivity index (χ1n) is 8.99. The minimum Gasteiger partial charge on any atom is -0.370 e. The standard InChI is InChI=1S/C20H18Cl4N4O/c21-15-10-16(22)19(24)20(18(15)23)26-17(29)12-27-6-1-7-28(9-8-27)14-4-2-13(11-25)3-5-14/h2-5,10H,1,6-9,12H2,(H,26,29). The van der Waals surface area contributed by atoms with E-state index in [1.807, 2.05) is 24.3 Å². The van der Waals surface area contributed by atoms with Gasteiger partial charge in [-0.2, -0.15) is 5.26 Å². The average molecular weight is 472 g/mol. The maximum absolute atomic E-state index is 12.5. The predicted molar refractivity (Wildman–Crippen MR) is 120 cm³/mol. The second-order valence-electron chi connectivity index (χ2n) is 6.67. The van der Waals surface area contributed by atoms with Crippen molar-refractivity contribution < 1.29 is 4.79 Å². The molecule has 1 aliphatic rings. The lowest BCUT2D eigenvalue weighted by Gasteiger charge is -2.23. The van der Waals surface area contributed by atoms with Crippen LogP contribution in [-0.4, -0.2) is 43.5 Å². The van der Waals surface area contributed by atoms with Crippen LogP contribution in [0, 0.1) is 11.3 Å². The van der Waals surface area contributed by atoms with E-state index in [1.165, 1.54) is 6.07 Å². The number of halogens is 4. The second kappa shape index (κ2) is 9.88. The van der Waals surface area contributed by atoms with Crippen LogP contribution in [-0.2, 0) is 4.79 Å². The maximum Gasteiger partial charge on any atom is 0.238 e. The van der Waals surface area contributed by atoms with Gasteiger partial charge in [0.15, 0.2) is 0 Å². The smallest absolute Gasteiger partial charge is 0.238 e. The Balaban J connectivity index is 1.60. The summed E-state index contributed by atoms with van der Waals surface area (Å²) in [5.41, 5.74) is 1.94. The van der Waals surface area contributed by atoms with E-state index >= 15 is 0 Å². The monoisotopic (exact) mass is 470 g/mol. The lowest BCUT2D eigenvalue weighted by Crippen LogP contribution is -2.36. The highest BCUT2D eigenvalue weighted by atomic mass is 35.5. The van der Waals surface area contributed by atoms with Crippen LogP contribution in [0.15, 0.2) is 30.3 Å². The normalized spacial score (nSPS) is 14.9. The molecule has 152 valence electrons. The molecule has 0 bridgehead atoms. The summed E-state index contributed by atoms with van der Waals surface area (Å²) in [6, 6.07) is 11.1. The van der Waals surface area contributed by atoms with Crippen molar-refractivity contribution in [2.45, 2.75) is 6.42 Å². The second-order valence-corrected chi connectivity index (χ2v) is 8.24. The number of nitrogens with zero attached hydrogens (tertiary/aromatic N) is 3. The summed E-state index contributed by atoms with van der Waals surface area (Å²) in [5, 5.41) is 12.4. The molecule has 1 N–H and O–H groups in total. The van der Waals surface area contributed by atoms with Crippen LogP contribution >= 0.6 is 46.4 Å². The molecule has 0 aromatic heterocycles. The fourth-order valence-corrected chi connectivity index (χ4v) is 4.10. The van der Waals surface area contributed by atoms with Crippen molar-refractivity contribution in [1.82, 2.24) is 4.90 Å². The summed E-state index contributed by atoms with van der Waals surface area (Å²) in [5.74, 6) is -0.237. The molecule has 2 aromatic rings. The average Bonchev–Trinajstić information content (AvgIpc) is 2.95. The minimum atomic E-state index is -0.237. The molecule has 0 saturated carbocycles.